The summed E-state index contributed by atoms with van der Waals surface area (Å²) in [5.74, 6) is -1.84. The number of hydrogen-bond acceptors (Lipinski definition) is 4. The van der Waals surface area contributed by atoms with Crippen molar-refractivity contribution in [3.05, 3.63) is 101 Å². The zero-order valence-electron chi connectivity index (χ0n) is 19.5. The fourth-order valence-electron chi connectivity index (χ4n) is 4.17. The number of benzene rings is 3. The molecule has 0 saturated heterocycles. The minimum atomic E-state index is -1.03. The molecular weight excluding hydrogens is 518 g/mol. The number of aromatic carboxylic acids is 1. The summed E-state index contributed by atoms with van der Waals surface area (Å²) in [5, 5.41) is 10.0. The van der Waals surface area contributed by atoms with E-state index in [1.807, 2.05) is 67.2 Å². The van der Waals surface area contributed by atoms with Crippen molar-refractivity contribution in [2.45, 2.75) is 24.0 Å². The molecular formula is C27H25BrF2N2O3. The summed E-state index contributed by atoms with van der Waals surface area (Å²) in [5.41, 5.74) is 2.50. The highest BCUT2D eigenvalue weighted by atomic mass is 79.9. The summed E-state index contributed by atoms with van der Waals surface area (Å²) in [7, 11) is 3.71. The van der Waals surface area contributed by atoms with Crippen molar-refractivity contribution in [3.63, 3.8) is 0 Å². The molecule has 8 heteroatoms. The first-order chi connectivity index (χ1) is 16.6. The van der Waals surface area contributed by atoms with Gasteiger partial charge in [-0.2, -0.15) is 0 Å². The van der Waals surface area contributed by atoms with E-state index in [0.29, 0.717) is 11.4 Å². The van der Waals surface area contributed by atoms with Gasteiger partial charge in [0.2, 0.25) is 0 Å². The lowest BCUT2D eigenvalue weighted by atomic mass is 10.0. The van der Waals surface area contributed by atoms with Gasteiger partial charge in [-0.05, 0) is 43.3 Å². The summed E-state index contributed by atoms with van der Waals surface area (Å²) in [6.07, 6.45) is 3.93. The quantitative estimate of drug-likeness (QED) is 0.209. The Morgan fingerprint density at radius 2 is 1.89 bits per heavy atom. The highest BCUT2D eigenvalue weighted by Gasteiger charge is 2.40. The largest absolute Gasteiger partial charge is 0.488 e. The number of rotatable bonds is 7. The zero-order valence-corrected chi connectivity index (χ0v) is 21.1. The van der Waals surface area contributed by atoms with Crippen LogP contribution in [0.3, 0.4) is 0 Å². The first-order valence-electron chi connectivity index (χ1n) is 11.0. The smallest absolute Gasteiger partial charge is 0.337 e. The average molecular weight is 543 g/mol. The van der Waals surface area contributed by atoms with E-state index in [2.05, 4.69) is 15.9 Å². The maximum absolute atomic E-state index is 14.1. The van der Waals surface area contributed by atoms with Gasteiger partial charge in [0.05, 0.1) is 17.3 Å². The lowest BCUT2D eigenvalue weighted by Crippen LogP contribution is -2.39. The summed E-state index contributed by atoms with van der Waals surface area (Å²) >= 11 is 3.74. The lowest BCUT2D eigenvalue weighted by molar-refractivity contribution is 0.0697. The molecule has 0 bridgehead atoms. The molecule has 0 fully saturated rings. The van der Waals surface area contributed by atoms with Crippen LogP contribution in [-0.4, -0.2) is 29.6 Å². The zero-order chi connectivity index (χ0) is 25.3. The van der Waals surface area contributed by atoms with Crippen LogP contribution >= 0.6 is 15.9 Å². The predicted octanol–water partition coefficient (Wildman–Crippen LogP) is 6.54. The lowest BCUT2D eigenvalue weighted by Gasteiger charge is -2.38. The molecule has 2 unspecified atom stereocenters. The highest BCUT2D eigenvalue weighted by Crippen LogP contribution is 2.47. The van der Waals surface area contributed by atoms with E-state index in [9.17, 15) is 18.7 Å². The van der Waals surface area contributed by atoms with E-state index < -0.39 is 22.1 Å². The van der Waals surface area contributed by atoms with Gasteiger partial charge in [0.25, 0.3) is 0 Å². The summed E-state index contributed by atoms with van der Waals surface area (Å²) in [6, 6.07) is 15.7. The van der Waals surface area contributed by atoms with Crippen LogP contribution in [0.1, 0.15) is 34.5 Å². The SMILES string of the molecule is CN(C)c1ccc(N2C(c3ccccc3OCc3ccc(F)cc3F)C=CC2(C)Br)c(C(=O)O)c1. The number of ether oxygens (including phenoxy) is 1. The Labute approximate surface area is 211 Å². The van der Waals surface area contributed by atoms with Crippen LogP contribution in [0.2, 0.25) is 0 Å². The second kappa shape index (κ2) is 9.70. The normalized spacial score (nSPS) is 19.1. The molecule has 182 valence electrons. The molecule has 0 amide bonds. The second-order valence-corrected chi connectivity index (χ2v) is 10.3. The van der Waals surface area contributed by atoms with Crippen molar-refractivity contribution in [1.82, 2.24) is 0 Å². The summed E-state index contributed by atoms with van der Waals surface area (Å²) in [4.78, 5) is 16.0. The molecule has 4 rings (SSSR count). The van der Waals surface area contributed by atoms with Crippen LogP contribution in [-0.2, 0) is 6.61 Å². The molecule has 2 atom stereocenters. The van der Waals surface area contributed by atoms with Gasteiger partial charge in [-0.3, -0.25) is 0 Å². The van der Waals surface area contributed by atoms with Gasteiger partial charge in [-0.15, -0.1) is 0 Å². The third-order valence-corrected chi connectivity index (χ3v) is 6.60. The molecule has 0 saturated carbocycles. The molecule has 3 aromatic rings. The predicted molar refractivity (Wildman–Crippen MR) is 137 cm³/mol. The van der Waals surface area contributed by atoms with Crippen LogP contribution in [0.5, 0.6) is 5.75 Å². The van der Waals surface area contributed by atoms with Crippen molar-refractivity contribution in [2.75, 3.05) is 23.9 Å². The minimum absolute atomic E-state index is 0.0803. The number of carbonyl (C=O) groups is 1. The van der Waals surface area contributed by atoms with Crippen LogP contribution < -0.4 is 14.5 Å². The van der Waals surface area contributed by atoms with E-state index in [-0.39, 0.29) is 23.8 Å². The third-order valence-electron chi connectivity index (χ3n) is 5.95. The molecule has 1 heterocycles. The van der Waals surface area contributed by atoms with Crippen molar-refractivity contribution in [3.8, 4) is 5.75 Å². The Morgan fingerprint density at radius 1 is 1.14 bits per heavy atom. The Hall–Kier alpha value is -3.39. The number of alkyl halides is 1. The first-order valence-corrected chi connectivity index (χ1v) is 11.8. The number of anilines is 2. The van der Waals surface area contributed by atoms with E-state index in [1.54, 1.807) is 18.2 Å². The van der Waals surface area contributed by atoms with Crippen LogP contribution in [0.4, 0.5) is 20.2 Å². The molecule has 0 spiro atoms. The van der Waals surface area contributed by atoms with Gasteiger partial charge >= 0.3 is 5.97 Å². The average Bonchev–Trinajstić information content (AvgIpc) is 3.12. The molecule has 0 aliphatic carbocycles. The fraction of sp³-hybridized carbons (Fsp3) is 0.222. The number of nitrogens with zero attached hydrogens (tertiary/aromatic N) is 2. The topological polar surface area (TPSA) is 53.0 Å². The Balaban J connectivity index is 1.73. The first kappa shape index (κ1) is 24.7. The van der Waals surface area contributed by atoms with Crippen LogP contribution in [0, 0.1) is 11.6 Å². The second-order valence-electron chi connectivity index (χ2n) is 8.66. The van der Waals surface area contributed by atoms with Gasteiger partial charge < -0.3 is 19.6 Å². The van der Waals surface area contributed by atoms with E-state index in [0.717, 1.165) is 17.3 Å². The van der Waals surface area contributed by atoms with Crippen molar-refractivity contribution in [2.24, 2.45) is 0 Å². The van der Waals surface area contributed by atoms with Gasteiger partial charge in [0.15, 0.2) is 0 Å². The Bertz CT molecular complexity index is 1290. The number of carboxylic acid groups (broad SMARTS) is 1. The van der Waals surface area contributed by atoms with E-state index in [4.69, 9.17) is 4.74 Å². The maximum atomic E-state index is 14.1. The fourth-order valence-corrected chi connectivity index (χ4v) is 4.73. The number of para-hydroxylation sites is 1. The molecule has 5 nitrogen and oxygen atoms in total. The molecule has 3 aromatic carbocycles. The third kappa shape index (κ3) is 5.03. The van der Waals surface area contributed by atoms with Gasteiger partial charge in [0, 0.05) is 37.0 Å². The molecule has 0 radical (unpaired) electrons. The summed E-state index contributed by atoms with van der Waals surface area (Å²) < 4.78 is 32.7. The maximum Gasteiger partial charge on any atom is 0.337 e. The molecule has 1 aliphatic heterocycles. The number of hydrogen-bond donors (Lipinski definition) is 1. The summed E-state index contributed by atoms with van der Waals surface area (Å²) in [6.45, 7) is 1.86. The molecule has 0 aromatic heterocycles. The van der Waals surface area contributed by atoms with Crippen molar-refractivity contribution < 1.29 is 23.4 Å². The molecule has 35 heavy (non-hydrogen) atoms. The Kier molecular flexibility index (Phi) is 6.85. The van der Waals surface area contributed by atoms with Crippen molar-refractivity contribution >= 4 is 33.3 Å². The number of halogens is 3. The van der Waals surface area contributed by atoms with Crippen molar-refractivity contribution in [1.29, 1.82) is 0 Å². The van der Waals surface area contributed by atoms with Crippen LogP contribution in [0.25, 0.3) is 0 Å². The molecule has 1 N–H and O–H groups in total. The highest BCUT2D eigenvalue weighted by molar-refractivity contribution is 9.10. The van der Waals surface area contributed by atoms with Gasteiger partial charge in [-0.25, -0.2) is 13.6 Å². The van der Waals surface area contributed by atoms with Crippen LogP contribution in [0.15, 0.2) is 72.8 Å². The monoisotopic (exact) mass is 542 g/mol. The molecule has 1 aliphatic rings. The standard InChI is InChI=1S/C27H25BrF2N2O3/c1-27(28)13-12-24(32(27)23-11-10-19(31(2)3)15-21(23)26(33)34)20-6-4-5-7-25(20)35-16-17-8-9-18(29)14-22(17)30/h4-15,24H,16H2,1-3H3,(H,33,34). The van der Waals surface area contributed by atoms with Gasteiger partial charge in [0.1, 0.15) is 28.4 Å². The Morgan fingerprint density at radius 3 is 2.57 bits per heavy atom. The van der Waals surface area contributed by atoms with E-state index >= 15 is 0 Å². The van der Waals surface area contributed by atoms with Gasteiger partial charge in [-0.1, -0.05) is 46.3 Å². The van der Waals surface area contributed by atoms with E-state index in [1.165, 1.54) is 12.1 Å². The minimum Gasteiger partial charge on any atom is -0.488 e. The number of carboxylic acids is 1.